The van der Waals surface area contributed by atoms with E-state index in [-0.39, 0.29) is 5.57 Å². The van der Waals surface area contributed by atoms with Gasteiger partial charge in [0.15, 0.2) is 0 Å². The van der Waals surface area contributed by atoms with Gasteiger partial charge < -0.3 is 9.84 Å². The number of ether oxygens (including phenoxy) is 1. The Morgan fingerprint density at radius 3 is 2.60 bits per heavy atom. The predicted octanol–water partition coefficient (Wildman–Crippen LogP) is 4.46. The smallest absolute Gasteiger partial charge is 0.341 e. The Bertz CT molecular complexity index is 516. The van der Waals surface area contributed by atoms with E-state index >= 15 is 0 Å². The molecule has 1 N–H and O–H groups in total. The summed E-state index contributed by atoms with van der Waals surface area (Å²) in [7, 11) is 1.28. The van der Waals surface area contributed by atoms with Gasteiger partial charge >= 0.3 is 5.97 Å². The molecule has 0 bridgehead atoms. The molecule has 108 valence electrons. The first-order valence-corrected chi connectivity index (χ1v) is 7.27. The maximum Gasteiger partial charge on any atom is 0.341 e. The quantitative estimate of drug-likeness (QED) is 0.508. The maximum atomic E-state index is 11.5. The molecule has 2 rings (SSSR count). The number of halogens is 1. The fourth-order valence-corrected chi connectivity index (χ4v) is 3.13. The highest BCUT2D eigenvalue weighted by Crippen LogP contribution is 2.37. The zero-order valence-electron chi connectivity index (χ0n) is 11.6. The van der Waals surface area contributed by atoms with Crippen LogP contribution < -0.4 is 0 Å². The molecule has 0 saturated heterocycles. The summed E-state index contributed by atoms with van der Waals surface area (Å²) in [5.74, 6) is -0.0704. The molecule has 0 atom stereocenters. The van der Waals surface area contributed by atoms with Crippen LogP contribution in [0.2, 0.25) is 5.02 Å². The zero-order chi connectivity index (χ0) is 14.5. The molecule has 0 unspecified atom stereocenters. The molecular formula is C16H19ClO3. The topological polar surface area (TPSA) is 46.5 Å². The Kier molecular flexibility index (Phi) is 5.07. The van der Waals surface area contributed by atoms with Gasteiger partial charge in [0.2, 0.25) is 0 Å². The lowest BCUT2D eigenvalue weighted by Crippen LogP contribution is -2.07. The summed E-state index contributed by atoms with van der Waals surface area (Å²) in [4.78, 5) is 11.5. The molecule has 1 saturated carbocycles. The fourth-order valence-electron chi connectivity index (χ4n) is 2.79. The number of aliphatic hydroxyl groups excluding tert-OH is 1. The third kappa shape index (κ3) is 3.15. The van der Waals surface area contributed by atoms with Crippen molar-refractivity contribution in [1.29, 1.82) is 0 Å². The highest BCUT2D eigenvalue weighted by atomic mass is 35.5. The lowest BCUT2D eigenvalue weighted by molar-refractivity contribution is -0.133. The van der Waals surface area contributed by atoms with Gasteiger partial charge in [-0.05, 0) is 36.0 Å². The molecule has 0 aliphatic heterocycles. The highest BCUT2D eigenvalue weighted by molar-refractivity contribution is 6.32. The van der Waals surface area contributed by atoms with Crippen LogP contribution in [0, 0.1) is 0 Å². The normalized spacial score (nSPS) is 17.0. The molecular weight excluding hydrogens is 276 g/mol. The van der Waals surface area contributed by atoms with Crippen LogP contribution in [0.25, 0.3) is 5.57 Å². The minimum Gasteiger partial charge on any atom is -0.515 e. The molecule has 1 aliphatic carbocycles. The third-order valence-corrected chi connectivity index (χ3v) is 4.22. The van der Waals surface area contributed by atoms with Gasteiger partial charge in [-0.15, -0.1) is 0 Å². The van der Waals surface area contributed by atoms with Gasteiger partial charge in [-0.3, -0.25) is 0 Å². The molecule has 4 heteroatoms. The molecule has 0 aromatic heterocycles. The average molecular weight is 295 g/mol. The molecule has 0 radical (unpaired) electrons. The zero-order valence-corrected chi connectivity index (χ0v) is 12.3. The van der Waals surface area contributed by atoms with Crippen LogP contribution in [0.5, 0.6) is 0 Å². The predicted molar refractivity (Wildman–Crippen MR) is 79.9 cm³/mol. The monoisotopic (exact) mass is 294 g/mol. The minimum absolute atomic E-state index is 0.115. The number of carbonyl (C=O) groups is 1. The number of hydrogen-bond donors (Lipinski definition) is 1. The summed E-state index contributed by atoms with van der Waals surface area (Å²) >= 11 is 6.35. The van der Waals surface area contributed by atoms with Crippen molar-refractivity contribution in [3.8, 4) is 0 Å². The van der Waals surface area contributed by atoms with E-state index in [0.29, 0.717) is 16.5 Å². The van der Waals surface area contributed by atoms with Gasteiger partial charge in [0.1, 0.15) is 5.57 Å². The first-order valence-electron chi connectivity index (χ1n) is 6.90. The van der Waals surface area contributed by atoms with Gasteiger partial charge in [-0.2, -0.15) is 0 Å². The van der Waals surface area contributed by atoms with Crippen LogP contribution >= 0.6 is 11.6 Å². The van der Waals surface area contributed by atoms with Gasteiger partial charge in [-0.25, -0.2) is 4.79 Å². The van der Waals surface area contributed by atoms with Crippen LogP contribution in [-0.4, -0.2) is 18.2 Å². The van der Waals surface area contributed by atoms with E-state index in [1.165, 1.54) is 39.2 Å². The molecule has 20 heavy (non-hydrogen) atoms. The molecule has 3 nitrogen and oxygen atoms in total. The van der Waals surface area contributed by atoms with E-state index in [2.05, 4.69) is 4.74 Å². The van der Waals surface area contributed by atoms with Crippen LogP contribution in [0.4, 0.5) is 0 Å². The second-order valence-corrected chi connectivity index (χ2v) is 5.51. The summed E-state index contributed by atoms with van der Waals surface area (Å²) in [6.07, 6.45) is 6.88. The van der Waals surface area contributed by atoms with Crippen molar-refractivity contribution >= 4 is 23.1 Å². The molecule has 0 heterocycles. The number of benzene rings is 1. The standard InChI is InChI=1S/C16H19ClO3/c1-20-16(19)14(10-18)12-7-8-13(15(17)9-12)11-5-3-2-4-6-11/h7-11,18H,2-6H2,1H3/b14-10-. The first-order chi connectivity index (χ1) is 9.67. The Morgan fingerprint density at radius 1 is 1.35 bits per heavy atom. The number of rotatable bonds is 3. The number of methoxy groups -OCH3 is 1. The SMILES string of the molecule is COC(=O)/C(=C\O)c1ccc(C2CCCCC2)c(Cl)c1. The van der Waals surface area contributed by atoms with Crippen molar-refractivity contribution in [2.45, 2.75) is 38.0 Å². The van der Waals surface area contributed by atoms with Gasteiger partial charge in [-0.1, -0.05) is 43.0 Å². The second-order valence-electron chi connectivity index (χ2n) is 5.11. The van der Waals surface area contributed by atoms with Crippen molar-refractivity contribution in [2.75, 3.05) is 7.11 Å². The highest BCUT2D eigenvalue weighted by Gasteiger charge is 2.20. The van der Waals surface area contributed by atoms with E-state index in [1.54, 1.807) is 6.07 Å². The first kappa shape index (κ1) is 14.9. The van der Waals surface area contributed by atoms with Gasteiger partial charge in [0.25, 0.3) is 0 Å². The molecule has 1 aromatic carbocycles. The summed E-state index contributed by atoms with van der Waals surface area (Å²) < 4.78 is 4.63. The summed E-state index contributed by atoms with van der Waals surface area (Å²) in [6.45, 7) is 0. The number of aliphatic hydroxyl groups is 1. The molecule has 1 aromatic rings. The Morgan fingerprint density at radius 2 is 2.05 bits per heavy atom. The van der Waals surface area contributed by atoms with E-state index in [4.69, 9.17) is 11.6 Å². The lowest BCUT2D eigenvalue weighted by atomic mass is 9.83. The van der Waals surface area contributed by atoms with Crippen LogP contribution in [0.3, 0.4) is 0 Å². The van der Waals surface area contributed by atoms with E-state index in [0.717, 1.165) is 11.8 Å². The summed E-state index contributed by atoms with van der Waals surface area (Å²) in [5, 5.41) is 9.83. The summed E-state index contributed by atoms with van der Waals surface area (Å²) in [6, 6.07) is 5.50. The van der Waals surface area contributed by atoms with Crippen molar-refractivity contribution in [2.24, 2.45) is 0 Å². The van der Waals surface area contributed by atoms with Crippen molar-refractivity contribution in [3.05, 3.63) is 40.6 Å². The molecule has 0 spiro atoms. The van der Waals surface area contributed by atoms with Crippen molar-refractivity contribution < 1.29 is 14.6 Å². The lowest BCUT2D eigenvalue weighted by Gasteiger charge is -2.23. The fraction of sp³-hybridized carbons (Fsp3) is 0.438. The van der Waals surface area contributed by atoms with Gasteiger partial charge in [0, 0.05) is 5.02 Å². The van der Waals surface area contributed by atoms with Crippen molar-refractivity contribution in [3.63, 3.8) is 0 Å². The number of esters is 1. The number of carbonyl (C=O) groups excluding carboxylic acids is 1. The summed E-state index contributed by atoms with van der Waals surface area (Å²) in [5.41, 5.74) is 1.82. The van der Waals surface area contributed by atoms with Gasteiger partial charge in [0.05, 0.1) is 13.4 Å². The maximum absolute atomic E-state index is 11.5. The molecule has 1 fully saturated rings. The van der Waals surface area contributed by atoms with Crippen LogP contribution in [0.15, 0.2) is 24.5 Å². The minimum atomic E-state index is -0.575. The Labute approximate surface area is 124 Å². The molecule has 1 aliphatic rings. The Hall–Kier alpha value is -1.48. The largest absolute Gasteiger partial charge is 0.515 e. The van der Waals surface area contributed by atoms with E-state index in [9.17, 15) is 9.90 Å². The third-order valence-electron chi connectivity index (χ3n) is 3.89. The van der Waals surface area contributed by atoms with E-state index < -0.39 is 5.97 Å². The second kappa shape index (κ2) is 6.80. The molecule has 0 amide bonds. The van der Waals surface area contributed by atoms with Crippen LogP contribution in [-0.2, 0) is 9.53 Å². The van der Waals surface area contributed by atoms with E-state index in [1.807, 2.05) is 12.1 Å². The Balaban J connectivity index is 2.27. The van der Waals surface area contributed by atoms with Crippen LogP contribution in [0.1, 0.15) is 49.1 Å². The average Bonchev–Trinajstić information content (AvgIpc) is 2.49. The number of hydrogen-bond acceptors (Lipinski definition) is 3. The van der Waals surface area contributed by atoms with Crippen molar-refractivity contribution in [1.82, 2.24) is 0 Å².